The maximum atomic E-state index is 12.7. The second kappa shape index (κ2) is 9.45. The van der Waals surface area contributed by atoms with Gasteiger partial charge in [0.05, 0.1) is 22.2 Å². The molecule has 1 saturated heterocycles. The van der Waals surface area contributed by atoms with Crippen LogP contribution in [0.15, 0.2) is 47.4 Å². The molecule has 0 saturated carbocycles. The summed E-state index contributed by atoms with van der Waals surface area (Å²) in [5, 5.41) is 3.64. The third-order valence-electron chi connectivity index (χ3n) is 4.73. The van der Waals surface area contributed by atoms with Crippen molar-refractivity contribution in [3.8, 4) is 0 Å². The molecule has 1 fully saturated rings. The van der Waals surface area contributed by atoms with E-state index < -0.39 is 10.0 Å². The zero-order valence-electron chi connectivity index (χ0n) is 16.1. The van der Waals surface area contributed by atoms with E-state index in [2.05, 4.69) is 5.32 Å². The molecule has 3 rings (SSSR count). The Morgan fingerprint density at radius 2 is 1.79 bits per heavy atom. The Morgan fingerprint density at radius 1 is 1.10 bits per heavy atom. The SMILES string of the molecule is CN(CC(=O)Nc1cc(S(=O)(=O)N2CCCC2)ccc1Cl)Cc1ccccc1Cl. The van der Waals surface area contributed by atoms with Crippen molar-refractivity contribution >= 4 is 44.8 Å². The van der Waals surface area contributed by atoms with Crippen LogP contribution in [-0.4, -0.2) is 50.2 Å². The van der Waals surface area contributed by atoms with E-state index in [1.165, 1.54) is 22.5 Å². The smallest absolute Gasteiger partial charge is 0.243 e. The van der Waals surface area contributed by atoms with Crippen LogP contribution >= 0.6 is 23.2 Å². The molecular weight excluding hydrogens is 433 g/mol. The van der Waals surface area contributed by atoms with Crippen LogP contribution in [0.4, 0.5) is 5.69 Å². The van der Waals surface area contributed by atoms with Crippen LogP contribution in [0.2, 0.25) is 10.0 Å². The van der Waals surface area contributed by atoms with E-state index in [0.717, 1.165) is 18.4 Å². The fourth-order valence-electron chi connectivity index (χ4n) is 3.25. The van der Waals surface area contributed by atoms with Crippen molar-refractivity contribution in [2.24, 2.45) is 0 Å². The van der Waals surface area contributed by atoms with Crippen molar-refractivity contribution in [2.75, 3.05) is 32.0 Å². The Morgan fingerprint density at radius 3 is 2.48 bits per heavy atom. The largest absolute Gasteiger partial charge is 0.324 e. The quantitative estimate of drug-likeness (QED) is 0.687. The topological polar surface area (TPSA) is 69.7 Å². The van der Waals surface area contributed by atoms with Crippen LogP contribution in [0, 0.1) is 0 Å². The molecule has 9 heteroatoms. The van der Waals surface area contributed by atoms with Crippen LogP contribution in [0.1, 0.15) is 18.4 Å². The molecule has 0 radical (unpaired) electrons. The molecule has 2 aromatic rings. The molecule has 0 unspecified atom stereocenters. The maximum Gasteiger partial charge on any atom is 0.243 e. The number of sulfonamides is 1. The second-order valence-electron chi connectivity index (χ2n) is 7.06. The third kappa shape index (κ3) is 5.49. The Bertz CT molecular complexity index is 992. The van der Waals surface area contributed by atoms with Crippen molar-refractivity contribution in [3.05, 3.63) is 58.1 Å². The molecule has 1 amide bonds. The van der Waals surface area contributed by atoms with Gasteiger partial charge in [-0.2, -0.15) is 4.31 Å². The van der Waals surface area contributed by atoms with Gasteiger partial charge in [-0.25, -0.2) is 8.42 Å². The van der Waals surface area contributed by atoms with Crippen LogP contribution in [0.25, 0.3) is 0 Å². The lowest BCUT2D eigenvalue weighted by atomic mass is 10.2. The van der Waals surface area contributed by atoms with Crippen molar-refractivity contribution in [3.63, 3.8) is 0 Å². The van der Waals surface area contributed by atoms with E-state index in [9.17, 15) is 13.2 Å². The van der Waals surface area contributed by atoms with Crippen LogP contribution in [-0.2, 0) is 21.4 Å². The van der Waals surface area contributed by atoms with Crippen LogP contribution in [0.5, 0.6) is 0 Å². The van der Waals surface area contributed by atoms with Crippen molar-refractivity contribution in [1.82, 2.24) is 9.21 Å². The molecule has 29 heavy (non-hydrogen) atoms. The normalized spacial score (nSPS) is 15.0. The van der Waals surface area contributed by atoms with E-state index in [1.807, 2.05) is 23.1 Å². The first kappa shape index (κ1) is 22.1. The van der Waals surface area contributed by atoms with E-state index in [4.69, 9.17) is 23.2 Å². The molecule has 1 aliphatic rings. The number of carbonyl (C=O) groups excluding carboxylic acids is 1. The first-order chi connectivity index (χ1) is 13.8. The molecule has 0 atom stereocenters. The van der Waals surface area contributed by atoms with Crippen molar-refractivity contribution in [1.29, 1.82) is 0 Å². The van der Waals surface area contributed by atoms with Crippen LogP contribution < -0.4 is 5.32 Å². The number of carbonyl (C=O) groups is 1. The van der Waals surface area contributed by atoms with Gasteiger partial charge in [-0.05, 0) is 49.7 Å². The molecule has 1 heterocycles. The number of hydrogen-bond acceptors (Lipinski definition) is 4. The highest BCUT2D eigenvalue weighted by Crippen LogP contribution is 2.28. The number of anilines is 1. The number of benzene rings is 2. The molecule has 0 aliphatic carbocycles. The average molecular weight is 456 g/mol. The summed E-state index contributed by atoms with van der Waals surface area (Å²) in [4.78, 5) is 14.4. The highest BCUT2D eigenvalue weighted by atomic mass is 35.5. The zero-order chi connectivity index (χ0) is 21.0. The molecule has 6 nitrogen and oxygen atoms in total. The van der Waals surface area contributed by atoms with Crippen LogP contribution in [0.3, 0.4) is 0 Å². The Balaban J connectivity index is 1.67. The van der Waals surface area contributed by atoms with E-state index in [0.29, 0.717) is 24.7 Å². The molecule has 1 N–H and O–H groups in total. The minimum Gasteiger partial charge on any atom is -0.324 e. The van der Waals surface area contributed by atoms with Gasteiger partial charge >= 0.3 is 0 Å². The molecule has 1 aliphatic heterocycles. The fraction of sp³-hybridized carbons (Fsp3) is 0.350. The summed E-state index contributed by atoms with van der Waals surface area (Å²) in [6.07, 6.45) is 1.71. The van der Waals surface area contributed by atoms with E-state index >= 15 is 0 Å². The molecule has 0 spiro atoms. The van der Waals surface area contributed by atoms with Crippen molar-refractivity contribution < 1.29 is 13.2 Å². The second-order valence-corrected chi connectivity index (χ2v) is 9.82. The average Bonchev–Trinajstić information content (AvgIpc) is 3.21. The lowest BCUT2D eigenvalue weighted by molar-refractivity contribution is -0.117. The highest BCUT2D eigenvalue weighted by Gasteiger charge is 2.27. The minimum absolute atomic E-state index is 0.102. The lowest BCUT2D eigenvalue weighted by Gasteiger charge is -2.19. The lowest BCUT2D eigenvalue weighted by Crippen LogP contribution is -2.30. The molecule has 0 aromatic heterocycles. The van der Waals surface area contributed by atoms with Gasteiger partial charge < -0.3 is 5.32 Å². The number of rotatable bonds is 7. The third-order valence-corrected chi connectivity index (χ3v) is 7.32. The predicted octanol–water partition coefficient (Wildman–Crippen LogP) is 3.85. The highest BCUT2D eigenvalue weighted by molar-refractivity contribution is 7.89. The van der Waals surface area contributed by atoms with Gasteiger partial charge in [0.2, 0.25) is 15.9 Å². The number of nitrogens with one attached hydrogen (secondary N) is 1. The summed E-state index contributed by atoms with van der Waals surface area (Å²) < 4.78 is 26.9. The zero-order valence-corrected chi connectivity index (χ0v) is 18.4. The van der Waals surface area contributed by atoms with Gasteiger partial charge in [0.25, 0.3) is 0 Å². The van der Waals surface area contributed by atoms with Gasteiger partial charge in [-0.15, -0.1) is 0 Å². The Kier molecular flexibility index (Phi) is 7.19. The predicted molar refractivity (Wildman–Crippen MR) is 116 cm³/mol. The Labute approximate surface area is 181 Å². The van der Waals surface area contributed by atoms with Gasteiger partial charge in [-0.3, -0.25) is 9.69 Å². The van der Waals surface area contributed by atoms with Crippen molar-refractivity contribution in [2.45, 2.75) is 24.3 Å². The molecule has 0 bridgehead atoms. The van der Waals surface area contributed by atoms with E-state index in [1.54, 1.807) is 13.1 Å². The van der Waals surface area contributed by atoms with Gasteiger partial charge in [-0.1, -0.05) is 41.4 Å². The fourth-order valence-corrected chi connectivity index (χ4v) is 5.15. The first-order valence-corrected chi connectivity index (χ1v) is 11.5. The first-order valence-electron chi connectivity index (χ1n) is 9.29. The summed E-state index contributed by atoms with van der Waals surface area (Å²) in [5.74, 6) is -0.294. The van der Waals surface area contributed by atoms with Gasteiger partial charge in [0, 0.05) is 24.7 Å². The summed E-state index contributed by atoms with van der Waals surface area (Å²) in [7, 11) is -1.78. The summed E-state index contributed by atoms with van der Waals surface area (Å²) in [6.45, 7) is 1.63. The monoisotopic (exact) mass is 455 g/mol. The molecule has 2 aromatic carbocycles. The standard InChI is InChI=1S/C20H23Cl2N3O3S/c1-24(13-15-6-2-3-7-17(15)21)14-20(26)23-19-12-16(8-9-18(19)22)29(27,28)25-10-4-5-11-25/h2-3,6-9,12H,4-5,10-11,13-14H2,1H3,(H,23,26). The summed E-state index contributed by atoms with van der Waals surface area (Å²) in [6, 6.07) is 11.8. The summed E-state index contributed by atoms with van der Waals surface area (Å²) >= 11 is 12.3. The number of likely N-dealkylation sites (N-methyl/N-ethyl adjacent to an activating group) is 1. The summed E-state index contributed by atoms with van der Waals surface area (Å²) in [5.41, 5.74) is 1.20. The number of amides is 1. The van der Waals surface area contributed by atoms with Gasteiger partial charge in [0.1, 0.15) is 0 Å². The molecular formula is C20H23Cl2N3O3S. The maximum absolute atomic E-state index is 12.7. The minimum atomic E-state index is -3.58. The van der Waals surface area contributed by atoms with E-state index in [-0.39, 0.29) is 28.1 Å². The number of hydrogen-bond donors (Lipinski definition) is 1. The number of nitrogens with zero attached hydrogens (tertiary/aromatic N) is 2. The number of halogens is 2. The van der Waals surface area contributed by atoms with Gasteiger partial charge in [0.15, 0.2) is 0 Å². The Hall–Kier alpha value is -1.64. The molecule has 156 valence electrons.